The summed E-state index contributed by atoms with van der Waals surface area (Å²) >= 11 is 5.51. The molecule has 2 aromatic rings. The number of hydrogen-bond donors (Lipinski definition) is 1. The molecule has 4 nitrogen and oxygen atoms in total. The Hall–Kier alpha value is -1.95. The third-order valence-electron chi connectivity index (χ3n) is 2.08. The van der Waals surface area contributed by atoms with E-state index >= 15 is 0 Å². The molecule has 1 aromatic heterocycles. The second-order valence-corrected chi connectivity index (χ2v) is 3.76. The van der Waals surface area contributed by atoms with Crippen LogP contribution in [0.2, 0.25) is 5.28 Å². The second-order valence-electron chi connectivity index (χ2n) is 3.40. The highest BCUT2D eigenvalue weighted by Gasteiger charge is 2.06. The number of nitrogens with zero attached hydrogens (tertiary/aromatic N) is 1. The number of halogens is 3. The summed E-state index contributed by atoms with van der Waals surface area (Å²) in [5.74, 6) is -1.44. The van der Waals surface area contributed by atoms with Gasteiger partial charge in [-0.15, -0.1) is 0 Å². The molecule has 0 unspecified atom stereocenters. The molecule has 18 heavy (non-hydrogen) atoms. The van der Waals surface area contributed by atoms with Crippen LogP contribution in [0.15, 0.2) is 29.1 Å². The molecule has 2 rings (SSSR count). The lowest BCUT2D eigenvalue weighted by molar-refractivity contribution is 0.287. The van der Waals surface area contributed by atoms with Crippen molar-refractivity contribution in [2.75, 3.05) is 0 Å². The molecule has 0 saturated carbocycles. The first-order valence-electron chi connectivity index (χ1n) is 4.88. The van der Waals surface area contributed by atoms with Crippen LogP contribution in [0, 0.1) is 11.6 Å². The average Bonchev–Trinajstić information content (AvgIpc) is 2.26. The molecule has 0 saturated heterocycles. The van der Waals surface area contributed by atoms with Crippen LogP contribution < -0.4 is 10.3 Å². The predicted molar refractivity (Wildman–Crippen MR) is 60.6 cm³/mol. The summed E-state index contributed by atoms with van der Waals surface area (Å²) in [6, 6.07) is 4.18. The van der Waals surface area contributed by atoms with E-state index in [0.29, 0.717) is 0 Å². The highest BCUT2D eigenvalue weighted by Crippen LogP contribution is 2.13. The Labute approximate surface area is 105 Å². The van der Waals surface area contributed by atoms with Crippen LogP contribution in [0.3, 0.4) is 0 Å². The maximum Gasteiger partial charge on any atom is 0.255 e. The van der Waals surface area contributed by atoms with E-state index in [9.17, 15) is 13.6 Å². The van der Waals surface area contributed by atoms with Crippen molar-refractivity contribution in [3.8, 4) is 5.88 Å². The average molecular weight is 273 g/mol. The Morgan fingerprint density at radius 2 is 2.11 bits per heavy atom. The summed E-state index contributed by atoms with van der Waals surface area (Å²) in [6.45, 7) is -0.182. The predicted octanol–water partition coefficient (Wildman–Crippen LogP) is 2.28. The van der Waals surface area contributed by atoms with Crippen LogP contribution in [-0.2, 0) is 6.61 Å². The van der Waals surface area contributed by atoms with E-state index in [0.717, 1.165) is 18.2 Å². The zero-order valence-electron chi connectivity index (χ0n) is 8.91. The van der Waals surface area contributed by atoms with Crippen molar-refractivity contribution in [1.29, 1.82) is 0 Å². The van der Waals surface area contributed by atoms with Crippen molar-refractivity contribution >= 4 is 11.6 Å². The number of ether oxygens (including phenoxy) is 1. The smallest absolute Gasteiger partial charge is 0.255 e. The Morgan fingerprint density at radius 1 is 1.33 bits per heavy atom. The van der Waals surface area contributed by atoms with Crippen LogP contribution in [0.25, 0.3) is 0 Å². The summed E-state index contributed by atoms with van der Waals surface area (Å²) in [5.41, 5.74) is -0.334. The Kier molecular flexibility index (Phi) is 3.57. The molecular weight excluding hydrogens is 266 g/mol. The van der Waals surface area contributed by atoms with Gasteiger partial charge in [0.25, 0.3) is 5.56 Å². The van der Waals surface area contributed by atoms with Crippen molar-refractivity contribution in [1.82, 2.24) is 9.97 Å². The van der Waals surface area contributed by atoms with Crippen LogP contribution in [0.1, 0.15) is 5.56 Å². The third-order valence-corrected chi connectivity index (χ3v) is 2.26. The first-order valence-corrected chi connectivity index (χ1v) is 5.26. The van der Waals surface area contributed by atoms with Gasteiger partial charge in [0, 0.05) is 11.6 Å². The normalized spacial score (nSPS) is 10.4. The molecule has 0 atom stereocenters. The van der Waals surface area contributed by atoms with E-state index in [2.05, 4.69) is 9.97 Å². The number of rotatable bonds is 3. The first kappa shape index (κ1) is 12.5. The Balaban J connectivity index is 2.13. The van der Waals surface area contributed by atoms with Gasteiger partial charge in [-0.2, -0.15) is 4.98 Å². The number of aromatic amines is 1. The Morgan fingerprint density at radius 3 is 2.78 bits per heavy atom. The summed E-state index contributed by atoms with van der Waals surface area (Å²) in [7, 11) is 0. The van der Waals surface area contributed by atoms with Gasteiger partial charge in [-0.25, -0.2) is 8.78 Å². The molecule has 0 aliphatic carbocycles. The number of H-pyrrole nitrogens is 1. The highest BCUT2D eigenvalue weighted by atomic mass is 35.5. The summed E-state index contributed by atoms with van der Waals surface area (Å²) in [6.07, 6.45) is 0. The van der Waals surface area contributed by atoms with Crippen molar-refractivity contribution in [3.05, 3.63) is 57.1 Å². The fourth-order valence-corrected chi connectivity index (χ4v) is 1.45. The maximum atomic E-state index is 13.3. The van der Waals surface area contributed by atoms with Crippen LogP contribution in [0.5, 0.6) is 5.88 Å². The van der Waals surface area contributed by atoms with Crippen molar-refractivity contribution < 1.29 is 13.5 Å². The molecular formula is C11H7ClF2N2O2. The van der Waals surface area contributed by atoms with Crippen molar-refractivity contribution in [2.24, 2.45) is 0 Å². The van der Waals surface area contributed by atoms with Gasteiger partial charge in [0.1, 0.15) is 18.2 Å². The zero-order chi connectivity index (χ0) is 13.1. The lowest BCUT2D eigenvalue weighted by atomic mass is 10.2. The molecule has 0 spiro atoms. The SMILES string of the molecule is O=c1cc(OCc2ccc(F)cc2F)nc(Cl)[nH]1. The van der Waals surface area contributed by atoms with Gasteiger partial charge >= 0.3 is 0 Å². The zero-order valence-corrected chi connectivity index (χ0v) is 9.67. The van der Waals surface area contributed by atoms with Gasteiger partial charge in [-0.1, -0.05) is 0 Å². The highest BCUT2D eigenvalue weighted by molar-refractivity contribution is 6.28. The molecule has 0 radical (unpaired) electrons. The quantitative estimate of drug-likeness (QED) is 0.872. The fourth-order valence-electron chi connectivity index (χ4n) is 1.27. The molecule has 0 amide bonds. The third kappa shape index (κ3) is 3.04. The van der Waals surface area contributed by atoms with Crippen LogP contribution in [0.4, 0.5) is 8.78 Å². The lowest BCUT2D eigenvalue weighted by Crippen LogP contribution is -2.08. The lowest BCUT2D eigenvalue weighted by Gasteiger charge is -2.06. The maximum absolute atomic E-state index is 13.3. The summed E-state index contributed by atoms with van der Waals surface area (Å²) < 4.78 is 31.0. The molecule has 0 aliphatic heterocycles. The molecule has 0 aliphatic rings. The van der Waals surface area contributed by atoms with E-state index in [-0.39, 0.29) is 23.3 Å². The topological polar surface area (TPSA) is 55.0 Å². The van der Waals surface area contributed by atoms with E-state index in [1.54, 1.807) is 0 Å². The molecule has 7 heteroatoms. The summed E-state index contributed by atoms with van der Waals surface area (Å²) in [5, 5.41) is -0.128. The second kappa shape index (κ2) is 5.14. The van der Waals surface area contributed by atoms with Crippen LogP contribution in [-0.4, -0.2) is 9.97 Å². The largest absolute Gasteiger partial charge is 0.472 e. The van der Waals surface area contributed by atoms with Gasteiger partial charge in [0.05, 0.1) is 6.07 Å². The first-order chi connectivity index (χ1) is 8.54. The Bertz CT molecular complexity index is 631. The van der Waals surface area contributed by atoms with E-state index in [4.69, 9.17) is 16.3 Å². The standard InChI is InChI=1S/C11H7ClF2N2O2/c12-11-15-9(17)4-10(16-11)18-5-6-1-2-7(13)3-8(6)14/h1-4H,5H2,(H,15,16,17). The molecule has 1 aromatic carbocycles. The monoisotopic (exact) mass is 272 g/mol. The minimum Gasteiger partial charge on any atom is -0.472 e. The summed E-state index contributed by atoms with van der Waals surface area (Å²) in [4.78, 5) is 17.0. The molecule has 0 fully saturated rings. The number of nitrogens with one attached hydrogen (secondary N) is 1. The van der Waals surface area contributed by atoms with Gasteiger partial charge in [-0.05, 0) is 23.7 Å². The molecule has 1 heterocycles. The van der Waals surface area contributed by atoms with Gasteiger partial charge in [0.15, 0.2) is 0 Å². The van der Waals surface area contributed by atoms with Gasteiger partial charge in [0.2, 0.25) is 11.2 Å². The van der Waals surface area contributed by atoms with Gasteiger partial charge in [-0.3, -0.25) is 9.78 Å². The number of hydrogen-bond acceptors (Lipinski definition) is 3. The van der Waals surface area contributed by atoms with E-state index in [1.807, 2.05) is 0 Å². The minimum atomic E-state index is -0.731. The van der Waals surface area contributed by atoms with E-state index < -0.39 is 17.2 Å². The van der Waals surface area contributed by atoms with Crippen molar-refractivity contribution in [2.45, 2.75) is 6.61 Å². The molecule has 1 N–H and O–H groups in total. The molecule has 0 bridgehead atoms. The number of aromatic nitrogens is 2. The van der Waals surface area contributed by atoms with Crippen LogP contribution >= 0.6 is 11.6 Å². The minimum absolute atomic E-state index is 0.0347. The molecule has 94 valence electrons. The van der Waals surface area contributed by atoms with E-state index in [1.165, 1.54) is 6.07 Å². The fraction of sp³-hybridized carbons (Fsp3) is 0.0909. The number of benzene rings is 1. The van der Waals surface area contributed by atoms with Gasteiger partial charge < -0.3 is 4.74 Å². The van der Waals surface area contributed by atoms with Crippen molar-refractivity contribution in [3.63, 3.8) is 0 Å².